The second kappa shape index (κ2) is 12.5. The van der Waals surface area contributed by atoms with Crippen molar-refractivity contribution in [2.75, 3.05) is 32.7 Å². The largest absolute Gasteiger partial charge is 0.496 e. The number of amides is 1. The molecule has 0 aliphatic rings. The third-order valence-corrected chi connectivity index (χ3v) is 5.11. The fourth-order valence-corrected chi connectivity index (χ4v) is 3.20. The molecular weight excluding hydrogens is 386 g/mol. The molecule has 0 aliphatic heterocycles. The molecule has 2 aromatic carbocycles. The Morgan fingerprint density at radius 1 is 1.07 bits per heavy atom. The van der Waals surface area contributed by atoms with Crippen LogP contribution in [0.15, 0.2) is 42.5 Å². The van der Waals surface area contributed by atoms with Gasteiger partial charge in [-0.3, -0.25) is 4.79 Å². The zero-order valence-electron chi connectivity index (χ0n) is 17.7. The summed E-state index contributed by atoms with van der Waals surface area (Å²) in [5.74, 6) is 1.94. The first-order chi connectivity index (χ1) is 14.0. The first-order valence-corrected chi connectivity index (χ1v) is 10.8. The fraction of sp³-hybridized carbons (Fsp3) is 0.458. The van der Waals surface area contributed by atoms with Crippen molar-refractivity contribution in [3.63, 3.8) is 0 Å². The number of carbonyl (C=O) groups excluding carboxylic acids is 1. The maximum atomic E-state index is 12.2. The third kappa shape index (κ3) is 7.71. The number of carbonyl (C=O) groups is 1. The summed E-state index contributed by atoms with van der Waals surface area (Å²) in [6.07, 6.45) is 2.68. The van der Waals surface area contributed by atoms with Gasteiger partial charge in [0.2, 0.25) is 0 Å². The van der Waals surface area contributed by atoms with Gasteiger partial charge in [-0.1, -0.05) is 38.1 Å². The molecule has 1 N–H and O–H groups in total. The van der Waals surface area contributed by atoms with Crippen molar-refractivity contribution in [1.29, 1.82) is 0 Å². The molecule has 0 aliphatic carbocycles. The molecule has 0 spiro atoms. The summed E-state index contributed by atoms with van der Waals surface area (Å²) in [6, 6.07) is 14.0. The van der Waals surface area contributed by atoms with Gasteiger partial charge in [-0.05, 0) is 60.1 Å². The highest BCUT2D eigenvalue weighted by atomic mass is 35.5. The second-order valence-electron chi connectivity index (χ2n) is 7.33. The predicted molar refractivity (Wildman–Crippen MR) is 119 cm³/mol. The Bertz CT molecular complexity index is 759. The molecule has 0 heterocycles. The van der Waals surface area contributed by atoms with Crippen molar-refractivity contribution in [2.24, 2.45) is 0 Å². The standard InChI is InChI=1S/C24H32ClNO3/c1-18(2)20-8-10-22(11-9-20)24(27)26-14-16-29-15-12-21-7-6-19(5-4-13-25)17-23(21)28-3/h6-11,17-18H,4-5,12-16H2,1-3H3,(H,26,27). The highest BCUT2D eigenvalue weighted by Gasteiger charge is 2.07. The van der Waals surface area contributed by atoms with E-state index in [0.717, 1.165) is 30.6 Å². The van der Waals surface area contributed by atoms with E-state index in [2.05, 4.69) is 37.4 Å². The molecule has 0 fully saturated rings. The summed E-state index contributed by atoms with van der Waals surface area (Å²) in [6.45, 7) is 5.82. The van der Waals surface area contributed by atoms with Crippen LogP contribution in [-0.2, 0) is 17.6 Å². The van der Waals surface area contributed by atoms with Crippen LogP contribution in [0.25, 0.3) is 0 Å². The summed E-state index contributed by atoms with van der Waals surface area (Å²) in [5.41, 5.74) is 4.26. The van der Waals surface area contributed by atoms with E-state index in [1.54, 1.807) is 7.11 Å². The van der Waals surface area contributed by atoms with E-state index in [-0.39, 0.29) is 5.91 Å². The SMILES string of the molecule is COc1cc(CCCCl)ccc1CCOCCNC(=O)c1ccc(C(C)C)cc1. The van der Waals surface area contributed by atoms with Crippen molar-refractivity contribution in [2.45, 2.75) is 39.0 Å². The number of ether oxygens (including phenoxy) is 2. The topological polar surface area (TPSA) is 47.6 Å². The van der Waals surface area contributed by atoms with Gasteiger partial charge in [0.1, 0.15) is 5.75 Å². The highest BCUT2D eigenvalue weighted by molar-refractivity contribution is 6.17. The Labute approximate surface area is 179 Å². The number of methoxy groups -OCH3 is 1. The molecule has 4 nitrogen and oxygen atoms in total. The van der Waals surface area contributed by atoms with Gasteiger partial charge in [0.05, 0.1) is 20.3 Å². The van der Waals surface area contributed by atoms with Crippen LogP contribution in [0.4, 0.5) is 0 Å². The van der Waals surface area contributed by atoms with Crippen LogP contribution in [0.5, 0.6) is 5.75 Å². The minimum absolute atomic E-state index is 0.0712. The Morgan fingerprint density at radius 3 is 2.48 bits per heavy atom. The lowest BCUT2D eigenvalue weighted by Gasteiger charge is -2.11. The van der Waals surface area contributed by atoms with Crippen LogP contribution in [0.2, 0.25) is 0 Å². The predicted octanol–water partition coefficient (Wildman–Crippen LogP) is 4.98. The molecule has 158 valence electrons. The van der Waals surface area contributed by atoms with Crippen molar-refractivity contribution in [3.8, 4) is 5.75 Å². The Balaban J connectivity index is 1.69. The third-order valence-electron chi connectivity index (χ3n) is 4.84. The number of benzene rings is 2. The Morgan fingerprint density at radius 2 is 1.83 bits per heavy atom. The number of hydrogen-bond acceptors (Lipinski definition) is 3. The van der Waals surface area contributed by atoms with E-state index >= 15 is 0 Å². The molecular formula is C24H32ClNO3. The number of aryl methyl sites for hydroxylation is 1. The van der Waals surface area contributed by atoms with Crippen LogP contribution in [0.1, 0.15) is 53.2 Å². The van der Waals surface area contributed by atoms with Crippen molar-refractivity contribution in [3.05, 3.63) is 64.7 Å². The summed E-state index contributed by atoms with van der Waals surface area (Å²) >= 11 is 5.76. The molecule has 0 radical (unpaired) electrons. The summed E-state index contributed by atoms with van der Waals surface area (Å²) in [5, 5.41) is 2.90. The molecule has 2 rings (SSSR count). The van der Waals surface area contributed by atoms with Gasteiger partial charge >= 0.3 is 0 Å². The quantitative estimate of drug-likeness (QED) is 0.391. The molecule has 29 heavy (non-hydrogen) atoms. The molecule has 0 aromatic heterocycles. The van der Waals surface area contributed by atoms with E-state index in [0.29, 0.717) is 37.1 Å². The van der Waals surface area contributed by atoms with Gasteiger partial charge in [-0.2, -0.15) is 0 Å². The molecule has 0 saturated carbocycles. The maximum Gasteiger partial charge on any atom is 0.251 e. The molecule has 0 atom stereocenters. The smallest absolute Gasteiger partial charge is 0.251 e. The van der Waals surface area contributed by atoms with Crippen molar-refractivity contribution in [1.82, 2.24) is 5.32 Å². The first kappa shape index (κ1) is 23.2. The van der Waals surface area contributed by atoms with Gasteiger partial charge in [0, 0.05) is 18.0 Å². The molecule has 1 amide bonds. The van der Waals surface area contributed by atoms with Gasteiger partial charge < -0.3 is 14.8 Å². The zero-order valence-corrected chi connectivity index (χ0v) is 18.4. The lowest BCUT2D eigenvalue weighted by atomic mass is 10.0. The lowest BCUT2D eigenvalue weighted by molar-refractivity contribution is 0.0916. The number of halogens is 1. The molecule has 0 unspecified atom stereocenters. The Hall–Kier alpha value is -2.04. The number of nitrogens with one attached hydrogen (secondary N) is 1. The van der Waals surface area contributed by atoms with E-state index in [1.165, 1.54) is 11.1 Å². The van der Waals surface area contributed by atoms with E-state index in [9.17, 15) is 4.79 Å². The average molecular weight is 418 g/mol. The molecule has 5 heteroatoms. The number of hydrogen-bond donors (Lipinski definition) is 1. The van der Waals surface area contributed by atoms with E-state index in [4.69, 9.17) is 21.1 Å². The number of rotatable bonds is 12. The number of alkyl halides is 1. The van der Waals surface area contributed by atoms with Gasteiger partial charge in [-0.15, -0.1) is 11.6 Å². The second-order valence-corrected chi connectivity index (χ2v) is 7.71. The molecule has 0 saturated heterocycles. The van der Waals surface area contributed by atoms with E-state index < -0.39 is 0 Å². The maximum absolute atomic E-state index is 12.2. The van der Waals surface area contributed by atoms with Gasteiger partial charge in [0.25, 0.3) is 5.91 Å². The average Bonchev–Trinajstić information content (AvgIpc) is 2.74. The Kier molecular flexibility index (Phi) is 10.0. The first-order valence-electron chi connectivity index (χ1n) is 10.2. The molecule has 2 aromatic rings. The van der Waals surface area contributed by atoms with Crippen molar-refractivity contribution < 1.29 is 14.3 Å². The van der Waals surface area contributed by atoms with Crippen LogP contribution in [0.3, 0.4) is 0 Å². The van der Waals surface area contributed by atoms with Crippen LogP contribution in [0, 0.1) is 0 Å². The highest BCUT2D eigenvalue weighted by Crippen LogP contribution is 2.22. The fourth-order valence-electron chi connectivity index (χ4n) is 3.06. The summed E-state index contributed by atoms with van der Waals surface area (Å²) in [4.78, 5) is 12.2. The minimum atomic E-state index is -0.0712. The molecule has 0 bridgehead atoms. The minimum Gasteiger partial charge on any atom is -0.496 e. The van der Waals surface area contributed by atoms with Gasteiger partial charge in [0.15, 0.2) is 0 Å². The van der Waals surface area contributed by atoms with E-state index in [1.807, 2.05) is 24.3 Å². The monoisotopic (exact) mass is 417 g/mol. The zero-order chi connectivity index (χ0) is 21.1. The van der Waals surface area contributed by atoms with Crippen molar-refractivity contribution >= 4 is 17.5 Å². The van der Waals surface area contributed by atoms with Crippen LogP contribution in [-0.4, -0.2) is 38.7 Å². The van der Waals surface area contributed by atoms with Gasteiger partial charge in [-0.25, -0.2) is 0 Å². The summed E-state index contributed by atoms with van der Waals surface area (Å²) < 4.78 is 11.2. The van der Waals surface area contributed by atoms with Crippen LogP contribution >= 0.6 is 11.6 Å². The lowest BCUT2D eigenvalue weighted by Crippen LogP contribution is -2.27. The normalized spacial score (nSPS) is 10.9. The van der Waals surface area contributed by atoms with Crippen LogP contribution < -0.4 is 10.1 Å². The summed E-state index contributed by atoms with van der Waals surface area (Å²) in [7, 11) is 1.69.